The third-order valence-electron chi connectivity index (χ3n) is 2.11. The molecular formula is C12H12BrNO2. The lowest BCUT2D eigenvalue weighted by atomic mass is 10.00. The Labute approximate surface area is 103 Å². The van der Waals surface area contributed by atoms with E-state index in [1.807, 2.05) is 19.1 Å². The highest BCUT2D eigenvalue weighted by Gasteiger charge is 2.17. The number of benzene rings is 1. The van der Waals surface area contributed by atoms with Gasteiger partial charge in [-0.2, -0.15) is 5.26 Å². The molecule has 0 heterocycles. The molecule has 0 N–H and O–H groups in total. The zero-order chi connectivity index (χ0) is 12.1. The van der Waals surface area contributed by atoms with E-state index in [2.05, 4.69) is 15.9 Å². The fourth-order valence-electron chi connectivity index (χ4n) is 1.50. The minimum atomic E-state index is -0.437. The molecule has 0 aromatic heterocycles. The van der Waals surface area contributed by atoms with Crippen molar-refractivity contribution >= 4 is 21.9 Å². The van der Waals surface area contributed by atoms with Crippen molar-refractivity contribution in [2.75, 3.05) is 6.61 Å². The number of ether oxygens (including phenoxy) is 1. The lowest BCUT2D eigenvalue weighted by molar-refractivity contribution is 0.0525. The van der Waals surface area contributed by atoms with Crippen molar-refractivity contribution in [2.24, 2.45) is 0 Å². The quantitative estimate of drug-likeness (QED) is 0.632. The highest BCUT2D eigenvalue weighted by molar-refractivity contribution is 9.08. The van der Waals surface area contributed by atoms with E-state index in [-0.39, 0.29) is 0 Å². The number of nitriles is 1. The second-order valence-corrected chi connectivity index (χ2v) is 3.87. The molecule has 0 saturated carbocycles. The van der Waals surface area contributed by atoms with Gasteiger partial charge in [-0.1, -0.05) is 22.0 Å². The van der Waals surface area contributed by atoms with Crippen molar-refractivity contribution in [3.63, 3.8) is 0 Å². The first kappa shape index (κ1) is 12.7. The summed E-state index contributed by atoms with van der Waals surface area (Å²) in [5.41, 5.74) is 2.48. The predicted octanol–water partition coefficient (Wildman–Crippen LogP) is 2.94. The molecule has 4 heteroatoms. The molecule has 0 aliphatic rings. The van der Waals surface area contributed by atoms with Gasteiger partial charge in [0, 0.05) is 5.33 Å². The van der Waals surface area contributed by atoms with Gasteiger partial charge in [-0.15, -0.1) is 0 Å². The molecule has 1 aromatic rings. The van der Waals surface area contributed by atoms with Gasteiger partial charge in [-0.05, 0) is 31.0 Å². The fourth-order valence-corrected chi connectivity index (χ4v) is 1.94. The Morgan fingerprint density at radius 3 is 2.75 bits per heavy atom. The highest BCUT2D eigenvalue weighted by Crippen LogP contribution is 2.20. The van der Waals surface area contributed by atoms with E-state index in [0.717, 1.165) is 11.1 Å². The third-order valence-corrected chi connectivity index (χ3v) is 2.71. The molecule has 0 aliphatic heterocycles. The van der Waals surface area contributed by atoms with Crippen LogP contribution in [0, 0.1) is 18.3 Å². The van der Waals surface area contributed by atoms with E-state index in [1.54, 1.807) is 13.0 Å². The zero-order valence-corrected chi connectivity index (χ0v) is 10.8. The largest absolute Gasteiger partial charge is 0.462 e. The maximum Gasteiger partial charge on any atom is 0.339 e. The smallest absolute Gasteiger partial charge is 0.339 e. The summed E-state index contributed by atoms with van der Waals surface area (Å²) in [5, 5.41) is 9.53. The number of nitrogens with zero attached hydrogens (tertiary/aromatic N) is 1. The normalized spacial score (nSPS) is 9.62. The van der Waals surface area contributed by atoms with E-state index in [0.29, 0.717) is 23.1 Å². The number of aryl methyl sites for hydroxylation is 1. The van der Waals surface area contributed by atoms with Gasteiger partial charge in [-0.25, -0.2) is 4.79 Å². The molecule has 0 fully saturated rings. The third kappa shape index (κ3) is 2.61. The number of carbonyl (C=O) groups is 1. The molecule has 1 aromatic carbocycles. The molecule has 3 nitrogen and oxygen atoms in total. The maximum atomic E-state index is 11.7. The second-order valence-electron chi connectivity index (χ2n) is 3.31. The number of alkyl halides is 1. The summed E-state index contributed by atoms with van der Waals surface area (Å²) in [6.07, 6.45) is 0. The van der Waals surface area contributed by atoms with Crippen molar-refractivity contribution in [2.45, 2.75) is 19.2 Å². The molecule has 0 aliphatic carbocycles. The first-order valence-electron chi connectivity index (χ1n) is 4.90. The van der Waals surface area contributed by atoms with Gasteiger partial charge in [0.2, 0.25) is 0 Å². The van der Waals surface area contributed by atoms with E-state index < -0.39 is 5.97 Å². The topological polar surface area (TPSA) is 50.1 Å². The maximum absolute atomic E-state index is 11.7. The lowest BCUT2D eigenvalue weighted by Gasteiger charge is -2.09. The molecule has 0 saturated heterocycles. The van der Waals surface area contributed by atoms with Crippen LogP contribution >= 0.6 is 15.9 Å². The van der Waals surface area contributed by atoms with Crippen LogP contribution in [-0.2, 0) is 10.1 Å². The van der Waals surface area contributed by atoms with Gasteiger partial charge >= 0.3 is 5.97 Å². The average Bonchev–Trinajstić information content (AvgIpc) is 2.27. The summed E-state index contributed by atoms with van der Waals surface area (Å²) >= 11 is 3.31. The Bertz CT molecular complexity index is 449. The monoisotopic (exact) mass is 281 g/mol. The Morgan fingerprint density at radius 1 is 1.56 bits per heavy atom. The SMILES string of the molecule is CCOC(=O)c1c(C#N)cc(C)cc1CBr. The van der Waals surface area contributed by atoms with Gasteiger partial charge in [0.15, 0.2) is 0 Å². The summed E-state index contributed by atoms with van der Waals surface area (Å²) in [4.78, 5) is 11.7. The highest BCUT2D eigenvalue weighted by atomic mass is 79.9. The van der Waals surface area contributed by atoms with Crippen LogP contribution in [0.3, 0.4) is 0 Å². The predicted molar refractivity (Wildman–Crippen MR) is 64.5 cm³/mol. The zero-order valence-electron chi connectivity index (χ0n) is 9.21. The van der Waals surface area contributed by atoms with Crippen LogP contribution in [0.2, 0.25) is 0 Å². The van der Waals surface area contributed by atoms with Crippen LogP contribution in [-0.4, -0.2) is 12.6 Å². The van der Waals surface area contributed by atoms with Crippen LogP contribution in [0.15, 0.2) is 12.1 Å². The molecule has 0 atom stereocenters. The number of halogens is 1. The van der Waals surface area contributed by atoms with E-state index in [1.165, 1.54) is 0 Å². The Balaban J connectivity index is 3.34. The fraction of sp³-hybridized carbons (Fsp3) is 0.333. The Hall–Kier alpha value is -1.34. The number of hydrogen-bond acceptors (Lipinski definition) is 3. The summed E-state index contributed by atoms with van der Waals surface area (Å²) in [5.74, 6) is -0.437. The summed E-state index contributed by atoms with van der Waals surface area (Å²) < 4.78 is 4.94. The molecule has 0 unspecified atom stereocenters. The van der Waals surface area contributed by atoms with Crippen molar-refractivity contribution in [3.05, 3.63) is 34.4 Å². The van der Waals surface area contributed by atoms with Gasteiger partial charge < -0.3 is 4.74 Å². The van der Waals surface area contributed by atoms with Gasteiger partial charge in [-0.3, -0.25) is 0 Å². The van der Waals surface area contributed by atoms with Crippen LogP contribution < -0.4 is 0 Å². The number of hydrogen-bond donors (Lipinski definition) is 0. The van der Waals surface area contributed by atoms with Crippen molar-refractivity contribution in [1.82, 2.24) is 0 Å². The second kappa shape index (κ2) is 5.66. The van der Waals surface area contributed by atoms with Crippen molar-refractivity contribution < 1.29 is 9.53 Å². The first-order chi connectivity index (χ1) is 7.63. The van der Waals surface area contributed by atoms with E-state index in [9.17, 15) is 4.79 Å². The molecule has 84 valence electrons. The molecular weight excluding hydrogens is 270 g/mol. The minimum Gasteiger partial charge on any atom is -0.462 e. The average molecular weight is 282 g/mol. The number of esters is 1. The van der Waals surface area contributed by atoms with Gasteiger partial charge in [0.1, 0.15) is 6.07 Å². The van der Waals surface area contributed by atoms with Crippen LogP contribution in [0.25, 0.3) is 0 Å². The van der Waals surface area contributed by atoms with Crippen molar-refractivity contribution in [1.29, 1.82) is 5.26 Å². The van der Waals surface area contributed by atoms with E-state index >= 15 is 0 Å². The summed E-state index contributed by atoms with van der Waals surface area (Å²) in [6.45, 7) is 3.94. The minimum absolute atomic E-state index is 0.305. The standard InChI is InChI=1S/C12H12BrNO2/c1-3-16-12(15)11-9(6-13)4-8(2)5-10(11)7-14/h4-5H,3,6H2,1-2H3. The molecule has 0 spiro atoms. The van der Waals surface area contributed by atoms with E-state index in [4.69, 9.17) is 10.00 Å². The Kier molecular flexibility index (Phi) is 4.51. The summed E-state index contributed by atoms with van der Waals surface area (Å²) in [6, 6.07) is 5.60. The van der Waals surface area contributed by atoms with Gasteiger partial charge in [0.25, 0.3) is 0 Å². The van der Waals surface area contributed by atoms with Crippen LogP contribution in [0.1, 0.15) is 34.0 Å². The number of carbonyl (C=O) groups excluding carboxylic acids is 1. The van der Waals surface area contributed by atoms with Crippen LogP contribution in [0.4, 0.5) is 0 Å². The molecule has 0 amide bonds. The van der Waals surface area contributed by atoms with Crippen molar-refractivity contribution in [3.8, 4) is 6.07 Å². The molecule has 0 radical (unpaired) electrons. The molecule has 1 rings (SSSR count). The molecule has 0 bridgehead atoms. The number of rotatable bonds is 3. The summed E-state index contributed by atoms with van der Waals surface area (Å²) in [7, 11) is 0. The van der Waals surface area contributed by atoms with Gasteiger partial charge in [0.05, 0.1) is 17.7 Å². The van der Waals surface area contributed by atoms with Crippen LogP contribution in [0.5, 0.6) is 0 Å². The Morgan fingerprint density at radius 2 is 2.25 bits per heavy atom. The molecule has 16 heavy (non-hydrogen) atoms. The lowest BCUT2D eigenvalue weighted by Crippen LogP contribution is -2.10. The first-order valence-corrected chi connectivity index (χ1v) is 6.02.